The Kier molecular flexibility index (Phi) is 4.76. The van der Waals surface area contributed by atoms with E-state index < -0.39 is 5.82 Å². The number of pyridine rings is 1. The van der Waals surface area contributed by atoms with Gasteiger partial charge in [-0.3, -0.25) is 14.5 Å². The van der Waals surface area contributed by atoms with Crippen LogP contribution in [0.2, 0.25) is 0 Å². The van der Waals surface area contributed by atoms with Crippen LogP contribution in [0.5, 0.6) is 0 Å². The largest absolute Gasteiger partial charge is 0.358 e. The standard InChI is InChI=1S/C20H24FN3O2/c21-13-6-7-17-15(10-13)20(26)16-11-24(9-8-18(16)23-17)12-19(25)22-14-4-2-1-3-5-14/h6-7,10,14H,1-5,8-9,11-12H2,(H,22,25)(H,23,26). The van der Waals surface area contributed by atoms with Crippen molar-refractivity contribution in [2.45, 2.75) is 51.1 Å². The summed E-state index contributed by atoms with van der Waals surface area (Å²) in [6, 6.07) is 4.54. The van der Waals surface area contributed by atoms with Crippen molar-refractivity contribution >= 4 is 16.8 Å². The summed E-state index contributed by atoms with van der Waals surface area (Å²) in [6.45, 7) is 1.46. The molecule has 4 rings (SSSR count). The Morgan fingerprint density at radius 2 is 2.08 bits per heavy atom. The average molecular weight is 357 g/mol. The fraction of sp³-hybridized carbons (Fsp3) is 0.500. The van der Waals surface area contributed by atoms with Gasteiger partial charge < -0.3 is 10.3 Å². The fourth-order valence-corrected chi connectivity index (χ4v) is 4.16. The van der Waals surface area contributed by atoms with Crippen LogP contribution in [0.4, 0.5) is 4.39 Å². The van der Waals surface area contributed by atoms with Crippen LogP contribution in [-0.4, -0.2) is 34.9 Å². The molecule has 6 heteroatoms. The summed E-state index contributed by atoms with van der Waals surface area (Å²) >= 11 is 0. The van der Waals surface area contributed by atoms with Gasteiger partial charge in [0.25, 0.3) is 0 Å². The Morgan fingerprint density at radius 1 is 1.27 bits per heavy atom. The molecule has 0 saturated heterocycles. The number of amides is 1. The molecule has 2 aliphatic rings. The van der Waals surface area contributed by atoms with Crippen LogP contribution in [0.15, 0.2) is 23.0 Å². The number of H-pyrrole nitrogens is 1. The number of fused-ring (bicyclic) bond motifs is 2. The van der Waals surface area contributed by atoms with Crippen LogP contribution < -0.4 is 10.7 Å². The number of carbonyl (C=O) groups is 1. The van der Waals surface area contributed by atoms with E-state index in [1.165, 1.54) is 31.4 Å². The first kappa shape index (κ1) is 17.2. The Balaban J connectivity index is 1.48. The van der Waals surface area contributed by atoms with Gasteiger partial charge in [-0.1, -0.05) is 19.3 Å². The number of benzene rings is 1. The monoisotopic (exact) mass is 357 g/mol. The minimum Gasteiger partial charge on any atom is -0.358 e. The highest BCUT2D eigenvalue weighted by Gasteiger charge is 2.23. The molecule has 5 nitrogen and oxygen atoms in total. The summed E-state index contributed by atoms with van der Waals surface area (Å²) in [5.74, 6) is -0.383. The summed E-state index contributed by atoms with van der Waals surface area (Å²) in [4.78, 5) is 30.4. The van der Waals surface area contributed by atoms with E-state index >= 15 is 0 Å². The molecule has 1 saturated carbocycles. The van der Waals surface area contributed by atoms with Crippen molar-refractivity contribution in [3.8, 4) is 0 Å². The van der Waals surface area contributed by atoms with Crippen LogP contribution in [-0.2, 0) is 17.8 Å². The summed E-state index contributed by atoms with van der Waals surface area (Å²) < 4.78 is 13.5. The van der Waals surface area contributed by atoms with Gasteiger partial charge >= 0.3 is 0 Å². The van der Waals surface area contributed by atoms with Gasteiger partial charge in [-0.15, -0.1) is 0 Å². The van der Waals surface area contributed by atoms with Crippen molar-refractivity contribution < 1.29 is 9.18 Å². The van der Waals surface area contributed by atoms with Crippen LogP contribution in [0, 0.1) is 5.82 Å². The van der Waals surface area contributed by atoms with Crippen LogP contribution in [0.25, 0.3) is 10.9 Å². The van der Waals surface area contributed by atoms with Gasteiger partial charge in [0, 0.05) is 47.7 Å². The number of hydrogen-bond acceptors (Lipinski definition) is 3. The number of aromatic amines is 1. The number of carbonyl (C=O) groups excluding carboxylic acids is 1. The number of aromatic nitrogens is 1. The topological polar surface area (TPSA) is 65.2 Å². The zero-order valence-electron chi connectivity index (χ0n) is 14.8. The van der Waals surface area contributed by atoms with E-state index in [1.807, 2.05) is 4.90 Å². The average Bonchev–Trinajstić information content (AvgIpc) is 2.64. The predicted octanol–water partition coefficient (Wildman–Crippen LogP) is 2.47. The van der Waals surface area contributed by atoms with E-state index in [0.29, 0.717) is 42.0 Å². The first-order chi connectivity index (χ1) is 12.6. The molecule has 0 radical (unpaired) electrons. The molecule has 1 aromatic heterocycles. The molecule has 1 aliphatic heterocycles. The van der Waals surface area contributed by atoms with Crippen LogP contribution in [0.1, 0.15) is 43.4 Å². The Hall–Kier alpha value is -2.21. The molecular weight excluding hydrogens is 333 g/mol. The number of nitrogens with zero attached hydrogens (tertiary/aromatic N) is 1. The molecular formula is C20H24FN3O2. The second-order valence-corrected chi connectivity index (χ2v) is 7.46. The van der Waals surface area contributed by atoms with E-state index in [1.54, 1.807) is 6.07 Å². The molecule has 138 valence electrons. The lowest BCUT2D eigenvalue weighted by Gasteiger charge is -2.29. The highest BCUT2D eigenvalue weighted by Crippen LogP contribution is 2.20. The quantitative estimate of drug-likeness (QED) is 0.887. The van der Waals surface area contributed by atoms with Crippen molar-refractivity contribution in [2.24, 2.45) is 0 Å². The second-order valence-electron chi connectivity index (χ2n) is 7.46. The molecule has 0 atom stereocenters. The van der Waals surface area contributed by atoms with Gasteiger partial charge in [0.2, 0.25) is 5.91 Å². The zero-order valence-corrected chi connectivity index (χ0v) is 14.8. The number of rotatable bonds is 3. The third-order valence-electron chi connectivity index (χ3n) is 5.55. The van der Waals surface area contributed by atoms with Crippen molar-refractivity contribution in [1.82, 2.24) is 15.2 Å². The zero-order chi connectivity index (χ0) is 18.1. The molecule has 2 N–H and O–H groups in total. The predicted molar refractivity (Wildman–Crippen MR) is 98.5 cm³/mol. The molecule has 1 aromatic carbocycles. The lowest BCUT2D eigenvalue weighted by Crippen LogP contribution is -2.45. The molecule has 2 heterocycles. The molecule has 0 spiro atoms. The number of halogens is 1. The number of nitrogens with one attached hydrogen (secondary N) is 2. The third kappa shape index (κ3) is 3.51. The van der Waals surface area contributed by atoms with Crippen molar-refractivity contribution in [3.63, 3.8) is 0 Å². The molecule has 1 amide bonds. The van der Waals surface area contributed by atoms with E-state index in [9.17, 15) is 14.0 Å². The number of hydrogen-bond donors (Lipinski definition) is 2. The van der Waals surface area contributed by atoms with Crippen molar-refractivity contribution in [3.05, 3.63) is 45.5 Å². The SMILES string of the molecule is O=C(CN1CCc2[nH]c3ccc(F)cc3c(=O)c2C1)NC1CCCCC1. The molecule has 1 fully saturated rings. The minimum absolute atomic E-state index is 0.0311. The summed E-state index contributed by atoms with van der Waals surface area (Å²) in [7, 11) is 0. The second kappa shape index (κ2) is 7.19. The summed E-state index contributed by atoms with van der Waals surface area (Å²) in [6.07, 6.45) is 6.43. The van der Waals surface area contributed by atoms with Gasteiger partial charge in [-0.2, -0.15) is 0 Å². The fourth-order valence-electron chi connectivity index (χ4n) is 4.16. The molecule has 1 aliphatic carbocycles. The maximum absolute atomic E-state index is 13.5. The van der Waals surface area contributed by atoms with Gasteiger partial charge in [-0.05, 0) is 31.0 Å². The Bertz CT molecular complexity index is 886. The molecule has 26 heavy (non-hydrogen) atoms. The third-order valence-corrected chi connectivity index (χ3v) is 5.55. The first-order valence-electron chi connectivity index (χ1n) is 9.45. The minimum atomic E-state index is -0.414. The van der Waals surface area contributed by atoms with E-state index in [0.717, 1.165) is 25.1 Å². The van der Waals surface area contributed by atoms with Gasteiger partial charge in [0.1, 0.15) is 5.82 Å². The maximum Gasteiger partial charge on any atom is 0.234 e. The van der Waals surface area contributed by atoms with E-state index in [4.69, 9.17) is 0 Å². The molecule has 2 aromatic rings. The van der Waals surface area contributed by atoms with Gasteiger partial charge in [0.05, 0.1) is 6.54 Å². The molecule has 0 bridgehead atoms. The first-order valence-corrected chi connectivity index (χ1v) is 9.45. The normalized spacial score (nSPS) is 18.7. The van der Waals surface area contributed by atoms with Gasteiger partial charge in [-0.25, -0.2) is 4.39 Å². The van der Waals surface area contributed by atoms with E-state index in [2.05, 4.69) is 10.3 Å². The van der Waals surface area contributed by atoms with E-state index in [-0.39, 0.29) is 11.3 Å². The summed E-state index contributed by atoms with van der Waals surface area (Å²) in [5.41, 5.74) is 2.09. The Morgan fingerprint density at radius 3 is 2.88 bits per heavy atom. The highest BCUT2D eigenvalue weighted by molar-refractivity contribution is 5.80. The van der Waals surface area contributed by atoms with Crippen molar-refractivity contribution in [2.75, 3.05) is 13.1 Å². The maximum atomic E-state index is 13.5. The van der Waals surface area contributed by atoms with Crippen molar-refractivity contribution in [1.29, 1.82) is 0 Å². The lowest BCUT2D eigenvalue weighted by molar-refractivity contribution is -0.123. The smallest absolute Gasteiger partial charge is 0.234 e. The molecule has 0 unspecified atom stereocenters. The summed E-state index contributed by atoms with van der Waals surface area (Å²) in [5, 5.41) is 3.50. The lowest BCUT2D eigenvalue weighted by atomic mass is 9.95. The van der Waals surface area contributed by atoms with Gasteiger partial charge in [0.15, 0.2) is 5.43 Å². The van der Waals surface area contributed by atoms with Crippen LogP contribution >= 0.6 is 0 Å². The van der Waals surface area contributed by atoms with Crippen LogP contribution in [0.3, 0.4) is 0 Å². The Labute approximate surface area is 151 Å². The highest BCUT2D eigenvalue weighted by atomic mass is 19.1.